The van der Waals surface area contributed by atoms with Crippen molar-refractivity contribution in [3.05, 3.63) is 58.9 Å². The quantitative estimate of drug-likeness (QED) is 0.781. The molecule has 2 rings (SSSR count). The molecule has 0 aliphatic rings. The van der Waals surface area contributed by atoms with Crippen molar-refractivity contribution in [2.75, 3.05) is 11.9 Å². The monoisotopic (exact) mass is 274 g/mol. The molecule has 0 unspecified atom stereocenters. The van der Waals surface area contributed by atoms with E-state index in [1.54, 1.807) is 0 Å². The molecule has 0 saturated heterocycles. The largest absolute Gasteiger partial charge is 0.368 e. The maximum absolute atomic E-state index is 6.03. The van der Waals surface area contributed by atoms with Gasteiger partial charge in [-0.2, -0.15) is 0 Å². The molecule has 0 bridgehead atoms. The molecule has 0 amide bonds. The molecule has 0 radical (unpaired) electrons. The molecule has 0 atom stereocenters. The third-order valence-electron chi connectivity index (χ3n) is 3.14. The molecule has 2 nitrogen and oxygen atoms in total. The van der Waals surface area contributed by atoms with Gasteiger partial charge in [-0.15, -0.1) is 11.6 Å². The van der Waals surface area contributed by atoms with Crippen LogP contribution in [0.5, 0.6) is 0 Å². The van der Waals surface area contributed by atoms with Crippen molar-refractivity contribution >= 4 is 17.3 Å². The third kappa shape index (κ3) is 3.48. The smallest absolute Gasteiger partial charge is 0.0600 e. The number of hydrogen-bond donors (Lipinski definition) is 0. The number of alkyl halides is 1. The Morgan fingerprint density at radius 1 is 1.16 bits per heavy atom. The van der Waals surface area contributed by atoms with Gasteiger partial charge in [0.05, 0.1) is 12.2 Å². The molecule has 0 fully saturated rings. The van der Waals surface area contributed by atoms with Gasteiger partial charge in [-0.05, 0) is 37.6 Å². The highest BCUT2D eigenvalue weighted by atomic mass is 35.5. The molecule has 100 valence electrons. The van der Waals surface area contributed by atoms with E-state index in [0.29, 0.717) is 5.88 Å². The van der Waals surface area contributed by atoms with E-state index in [9.17, 15) is 0 Å². The molecule has 0 aliphatic heterocycles. The summed E-state index contributed by atoms with van der Waals surface area (Å²) in [6, 6.07) is 12.5. The summed E-state index contributed by atoms with van der Waals surface area (Å²) < 4.78 is 0. The molecular weight excluding hydrogens is 256 g/mol. The van der Waals surface area contributed by atoms with E-state index in [1.807, 2.05) is 19.1 Å². The Morgan fingerprint density at radius 2 is 1.95 bits per heavy atom. The maximum atomic E-state index is 6.03. The Labute approximate surface area is 120 Å². The first kappa shape index (κ1) is 13.9. The first-order chi connectivity index (χ1) is 9.10. The number of benzene rings is 1. The third-order valence-corrected chi connectivity index (χ3v) is 3.42. The fourth-order valence-electron chi connectivity index (χ4n) is 2.21. The molecular formula is C16H19ClN2. The highest BCUT2D eigenvalue weighted by Gasteiger charge is 2.08. The topological polar surface area (TPSA) is 16.1 Å². The minimum Gasteiger partial charge on any atom is -0.368 e. The van der Waals surface area contributed by atoms with Gasteiger partial charge < -0.3 is 4.90 Å². The zero-order chi connectivity index (χ0) is 13.8. The average Bonchev–Trinajstić information content (AvgIpc) is 2.38. The van der Waals surface area contributed by atoms with Crippen LogP contribution in [0, 0.1) is 13.8 Å². The number of rotatable bonds is 4. The SMILES string of the molecule is Cc1ccc(N(C)Cc2cccc(C)n2)c(CCl)c1. The van der Waals surface area contributed by atoms with E-state index in [4.69, 9.17) is 11.6 Å². The zero-order valence-corrected chi connectivity index (χ0v) is 12.4. The van der Waals surface area contributed by atoms with E-state index in [-0.39, 0.29) is 0 Å². The molecule has 19 heavy (non-hydrogen) atoms. The van der Waals surface area contributed by atoms with Crippen LogP contribution >= 0.6 is 11.6 Å². The van der Waals surface area contributed by atoms with Crippen molar-refractivity contribution in [2.45, 2.75) is 26.3 Å². The van der Waals surface area contributed by atoms with Crippen LogP contribution in [0.1, 0.15) is 22.5 Å². The average molecular weight is 275 g/mol. The van der Waals surface area contributed by atoms with Crippen LogP contribution in [-0.4, -0.2) is 12.0 Å². The van der Waals surface area contributed by atoms with Gasteiger partial charge >= 0.3 is 0 Å². The van der Waals surface area contributed by atoms with Crippen molar-refractivity contribution in [2.24, 2.45) is 0 Å². The van der Waals surface area contributed by atoms with Gasteiger partial charge in [-0.3, -0.25) is 4.98 Å². The first-order valence-corrected chi connectivity index (χ1v) is 6.93. The van der Waals surface area contributed by atoms with Crippen LogP contribution in [0.3, 0.4) is 0 Å². The highest BCUT2D eigenvalue weighted by Crippen LogP contribution is 2.23. The van der Waals surface area contributed by atoms with E-state index in [1.165, 1.54) is 11.3 Å². The summed E-state index contributed by atoms with van der Waals surface area (Å²) >= 11 is 6.03. The van der Waals surface area contributed by atoms with Crippen LogP contribution in [0.25, 0.3) is 0 Å². The molecule has 1 aromatic heterocycles. The Bertz CT molecular complexity index is 566. The second-order valence-electron chi connectivity index (χ2n) is 4.89. The number of aryl methyl sites for hydroxylation is 2. The predicted octanol–water partition coefficient (Wildman–Crippen LogP) is 4.07. The summed E-state index contributed by atoms with van der Waals surface area (Å²) in [5.41, 5.74) is 5.69. The number of hydrogen-bond acceptors (Lipinski definition) is 2. The van der Waals surface area contributed by atoms with Gasteiger partial charge in [-0.25, -0.2) is 0 Å². The fourth-order valence-corrected chi connectivity index (χ4v) is 2.42. The molecule has 3 heteroatoms. The Hall–Kier alpha value is -1.54. The van der Waals surface area contributed by atoms with E-state index >= 15 is 0 Å². The number of aromatic nitrogens is 1. The molecule has 1 heterocycles. The van der Waals surface area contributed by atoms with Crippen LogP contribution in [-0.2, 0) is 12.4 Å². The van der Waals surface area contributed by atoms with Crippen molar-refractivity contribution in [3.63, 3.8) is 0 Å². The fraction of sp³-hybridized carbons (Fsp3) is 0.312. The Kier molecular flexibility index (Phi) is 4.43. The predicted molar refractivity (Wildman–Crippen MR) is 81.8 cm³/mol. The second-order valence-corrected chi connectivity index (χ2v) is 5.16. The summed E-state index contributed by atoms with van der Waals surface area (Å²) in [6.45, 7) is 4.89. The van der Waals surface area contributed by atoms with Crippen LogP contribution in [0.4, 0.5) is 5.69 Å². The lowest BCUT2D eigenvalue weighted by Crippen LogP contribution is -2.18. The minimum atomic E-state index is 0.530. The summed E-state index contributed by atoms with van der Waals surface area (Å²) in [5, 5.41) is 0. The van der Waals surface area contributed by atoms with E-state index < -0.39 is 0 Å². The summed E-state index contributed by atoms with van der Waals surface area (Å²) in [7, 11) is 2.07. The first-order valence-electron chi connectivity index (χ1n) is 6.39. The van der Waals surface area contributed by atoms with Crippen LogP contribution in [0.15, 0.2) is 36.4 Å². The minimum absolute atomic E-state index is 0.530. The van der Waals surface area contributed by atoms with E-state index in [0.717, 1.165) is 23.5 Å². The normalized spacial score (nSPS) is 10.5. The lowest BCUT2D eigenvalue weighted by molar-refractivity contribution is 0.872. The lowest BCUT2D eigenvalue weighted by Gasteiger charge is -2.22. The number of halogens is 1. The van der Waals surface area contributed by atoms with Crippen molar-refractivity contribution in [1.29, 1.82) is 0 Å². The van der Waals surface area contributed by atoms with Gasteiger partial charge in [0, 0.05) is 24.3 Å². The number of nitrogens with zero attached hydrogens (tertiary/aromatic N) is 2. The van der Waals surface area contributed by atoms with Crippen molar-refractivity contribution in [3.8, 4) is 0 Å². The second kappa shape index (κ2) is 6.07. The van der Waals surface area contributed by atoms with Gasteiger partial charge in [0.1, 0.15) is 0 Å². The van der Waals surface area contributed by atoms with Crippen molar-refractivity contribution in [1.82, 2.24) is 4.98 Å². The highest BCUT2D eigenvalue weighted by molar-refractivity contribution is 6.17. The van der Waals surface area contributed by atoms with Gasteiger partial charge in [0.2, 0.25) is 0 Å². The standard InChI is InChI=1S/C16H19ClN2/c1-12-7-8-16(14(9-12)10-17)19(3)11-15-6-4-5-13(2)18-15/h4-9H,10-11H2,1-3H3. The van der Waals surface area contributed by atoms with Gasteiger partial charge in [0.15, 0.2) is 0 Å². The molecule has 0 saturated carbocycles. The van der Waals surface area contributed by atoms with Crippen molar-refractivity contribution < 1.29 is 0 Å². The maximum Gasteiger partial charge on any atom is 0.0600 e. The van der Waals surface area contributed by atoms with Gasteiger partial charge in [0.25, 0.3) is 0 Å². The Balaban J connectivity index is 2.22. The Morgan fingerprint density at radius 3 is 2.63 bits per heavy atom. The summed E-state index contributed by atoms with van der Waals surface area (Å²) in [4.78, 5) is 6.73. The lowest BCUT2D eigenvalue weighted by atomic mass is 10.1. The van der Waals surface area contributed by atoms with Crippen LogP contribution < -0.4 is 4.90 Å². The molecule has 0 N–H and O–H groups in total. The summed E-state index contributed by atoms with van der Waals surface area (Å²) in [5.74, 6) is 0.530. The van der Waals surface area contributed by atoms with Gasteiger partial charge in [-0.1, -0.05) is 23.8 Å². The zero-order valence-electron chi connectivity index (χ0n) is 11.7. The number of pyridine rings is 1. The summed E-state index contributed by atoms with van der Waals surface area (Å²) in [6.07, 6.45) is 0. The van der Waals surface area contributed by atoms with E-state index in [2.05, 4.69) is 48.1 Å². The molecule has 1 aromatic carbocycles. The molecule has 0 spiro atoms. The molecule has 2 aromatic rings. The molecule has 0 aliphatic carbocycles. The number of anilines is 1. The van der Waals surface area contributed by atoms with Crippen LogP contribution in [0.2, 0.25) is 0 Å².